The minimum atomic E-state index is 0.459. The van der Waals surface area contributed by atoms with Crippen LogP contribution in [-0.2, 0) is 0 Å². The second-order valence-corrected chi connectivity index (χ2v) is 4.90. The second kappa shape index (κ2) is 3.00. The zero-order valence-corrected chi connectivity index (χ0v) is 9.15. The lowest BCUT2D eigenvalue weighted by molar-refractivity contribution is 0.227. The summed E-state index contributed by atoms with van der Waals surface area (Å²) >= 11 is 0. The Balaban J connectivity index is 2.00. The van der Waals surface area contributed by atoms with Crippen LogP contribution in [0.25, 0.3) is 10.8 Å². The van der Waals surface area contributed by atoms with Crippen LogP contribution in [0.1, 0.15) is 30.7 Å². The molecule has 0 saturated heterocycles. The predicted molar refractivity (Wildman–Crippen MR) is 65.0 cm³/mol. The third-order valence-corrected chi connectivity index (χ3v) is 4.03. The van der Waals surface area contributed by atoms with Crippen molar-refractivity contribution in [2.75, 3.05) is 0 Å². The lowest BCUT2D eigenvalue weighted by Gasteiger charge is -2.08. The molecule has 2 aromatic carbocycles. The molecular weight excluding hydrogens is 196 g/mol. The van der Waals surface area contributed by atoms with Crippen molar-refractivity contribution in [1.29, 1.82) is 0 Å². The fourth-order valence-corrected chi connectivity index (χ4v) is 3.26. The summed E-state index contributed by atoms with van der Waals surface area (Å²) in [6, 6.07) is 13.0. The van der Waals surface area contributed by atoms with Crippen molar-refractivity contribution in [3.8, 4) is 5.75 Å². The molecule has 0 radical (unpaired) electrons. The van der Waals surface area contributed by atoms with Crippen molar-refractivity contribution in [2.45, 2.75) is 31.3 Å². The van der Waals surface area contributed by atoms with E-state index in [9.17, 15) is 0 Å². The molecule has 0 unspecified atom stereocenters. The first-order valence-electron chi connectivity index (χ1n) is 6.12. The molecule has 0 spiro atoms. The van der Waals surface area contributed by atoms with E-state index in [0.717, 1.165) is 5.75 Å². The quantitative estimate of drug-likeness (QED) is 0.641. The maximum absolute atomic E-state index is 6.14. The molecular formula is C15H14O. The highest BCUT2D eigenvalue weighted by Gasteiger charge is 2.38. The van der Waals surface area contributed by atoms with Gasteiger partial charge in [0.2, 0.25) is 0 Å². The molecule has 1 heterocycles. The van der Waals surface area contributed by atoms with E-state index in [1.165, 1.54) is 35.6 Å². The third kappa shape index (κ3) is 1.01. The lowest BCUT2D eigenvalue weighted by atomic mass is 9.95. The molecule has 0 N–H and O–H groups in total. The number of rotatable bonds is 0. The van der Waals surface area contributed by atoms with Crippen molar-refractivity contribution in [3.63, 3.8) is 0 Å². The molecule has 0 amide bonds. The summed E-state index contributed by atoms with van der Waals surface area (Å²) in [5, 5.41) is 2.58. The zero-order valence-electron chi connectivity index (χ0n) is 9.15. The van der Waals surface area contributed by atoms with Crippen LogP contribution in [0, 0.1) is 0 Å². The average molecular weight is 210 g/mol. The fourth-order valence-electron chi connectivity index (χ4n) is 3.26. The molecule has 2 aromatic rings. The number of ether oxygens (including phenoxy) is 1. The van der Waals surface area contributed by atoms with Gasteiger partial charge in [-0.25, -0.2) is 0 Å². The normalized spacial score (nSPS) is 26.5. The van der Waals surface area contributed by atoms with E-state index in [4.69, 9.17) is 4.74 Å². The number of fused-ring (bicyclic) bond motifs is 5. The Kier molecular flexibility index (Phi) is 1.62. The first kappa shape index (κ1) is 8.63. The minimum absolute atomic E-state index is 0.459. The van der Waals surface area contributed by atoms with Crippen LogP contribution in [0.15, 0.2) is 36.4 Å². The van der Waals surface area contributed by atoms with Gasteiger partial charge >= 0.3 is 0 Å². The van der Waals surface area contributed by atoms with Crippen molar-refractivity contribution >= 4 is 10.8 Å². The number of benzene rings is 2. The molecule has 80 valence electrons. The third-order valence-electron chi connectivity index (χ3n) is 4.03. The molecule has 1 fully saturated rings. The van der Waals surface area contributed by atoms with Gasteiger partial charge in [-0.05, 0) is 24.6 Å². The van der Waals surface area contributed by atoms with Gasteiger partial charge < -0.3 is 4.74 Å². The molecule has 1 saturated carbocycles. The van der Waals surface area contributed by atoms with Gasteiger partial charge in [0.1, 0.15) is 11.9 Å². The molecule has 1 aliphatic carbocycles. The summed E-state index contributed by atoms with van der Waals surface area (Å²) in [5.74, 6) is 1.83. The van der Waals surface area contributed by atoms with Crippen LogP contribution in [-0.4, -0.2) is 6.10 Å². The Labute approximate surface area is 95.0 Å². The van der Waals surface area contributed by atoms with Gasteiger partial charge in [0.25, 0.3) is 0 Å². The molecule has 1 nitrogen and oxygen atoms in total. The first-order valence-corrected chi connectivity index (χ1v) is 6.12. The highest BCUT2D eigenvalue weighted by atomic mass is 16.5. The van der Waals surface area contributed by atoms with Gasteiger partial charge in [-0.15, -0.1) is 0 Å². The van der Waals surface area contributed by atoms with Crippen molar-refractivity contribution in [2.24, 2.45) is 0 Å². The standard InChI is InChI=1S/C15H14O/c1-2-5-11-10(4-1)8-9-13-12-6-3-7-14(12)16-15(11)13/h1-2,4-5,8-9,12,14H,3,6-7H2/t12-,14-/m0/s1. The maximum Gasteiger partial charge on any atom is 0.131 e. The van der Waals surface area contributed by atoms with Gasteiger partial charge in [-0.1, -0.05) is 36.4 Å². The molecule has 2 atom stereocenters. The van der Waals surface area contributed by atoms with E-state index >= 15 is 0 Å². The summed E-state index contributed by atoms with van der Waals surface area (Å²) in [6.45, 7) is 0. The van der Waals surface area contributed by atoms with E-state index in [-0.39, 0.29) is 0 Å². The average Bonchev–Trinajstić information content (AvgIpc) is 2.88. The van der Waals surface area contributed by atoms with E-state index in [0.29, 0.717) is 12.0 Å². The summed E-state index contributed by atoms with van der Waals surface area (Å²) in [7, 11) is 0. The van der Waals surface area contributed by atoms with E-state index in [1.807, 2.05) is 0 Å². The van der Waals surface area contributed by atoms with E-state index in [2.05, 4.69) is 36.4 Å². The van der Waals surface area contributed by atoms with Crippen molar-refractivity contribution < 1.29 is 4.74 Å². The molecule has 2 aliphatic rings. The van der Waals surface area contributed by atoms with Gasteiger partial charge in [-0.3, -0.25) is 0 Å². The summed E-state index contributed by atoms with van der Waals surface area (Å²) < 4.78 is 6.14. The smallest absolute Gasteiger partial charge is 0.131 e. The van der Waals surface area contributed by atoms with E-state index < -0.39 is 0 Å². The molecule has 1 heteroatoms. The topological polar surface area (TPSA) is 9.23 Å². The van der Waals surface area contributed by atoms with E-state index in [1.54, 1.807) is 0 Å². The van der Waals surface area contributed by atoms with Crippen molar-refractivity contribution in [1.82, 2.24) is 0 Å². The van der Waals surface area contributed by atoms with Gasteiger partial charge in [0.05, 0.1) is 0 Å². The predicted octanol–water partition coefficient (Wildman–Crippen LogP) is 3.87. The minimum Gasteiger partial charge on any atom is -0.489 e. The van der Waals surface area contributed by atoms with Crippen LogP contribution >= 0.6 is 0 Å². The Morgan fingerprint density at radius 1 is 1.00 bits per heavy atom. The van der Waals surface area contributed by atoms with Crippen LogP contribution in [0.4, 0.5) is 0 Å². The highest BCUT2D eigenvalue weighted by molar-refractivity contribution is 5.90. The Hall–Kier alpha value is -1.50. The molecule has 0 bridgehead atoms. The zero-order chi connectivity index (χ0) is 10.5. The lowest BCUT2D eigenvalue weighted by Crippen LogP contribution is -2.10. The van der Waals surface area contributed by atoms with Gasteiger partial charge in [-0.2, -0.15) is 0 Å². The monoisotopic (exact) mass is 210 g/mol. The fraction of sp³-hybridized carbons (Fsp3) is 0.333. The number of hydrogen-bond donors (Lipinski definition) is 0. The molecule has 16 heavy (non-hydrogen) atoms. The van der Waals surface area contributed by atoms with Gasteiger partial charge in [0.15, 0.2) is 0 Å². The van der Waals surface area contributed by atoms with Crippen molar-refractivity contribution in [3.05, 3.63) is 42.0 Å². The molecule has 4 rings (SSSR count). The van der Waals surface area contributed by atoms with Crippen LogP contribution in [0.5, 0.6) is 5.75 Å². The molecule has 0 aromatic heterocycles. The number of hydrogen-bond acceptors (Lipinski definition) is 1. The Morgan fingerprint density at radius 2 is 1.94 bits per heavy atom. The van der Waals surface area contributed by atoms with Gasteiger partial charge in [0, 0.05) is 16.9 Å². The summed E-state index contributed by atoms with van der Waals surface area (Å²) in [4.78, 5) is 0. The SMILES string of the molecule is c1ccc2c3c(ccc2c1)[C@@H]1CCC[C@@H]1O3. The summed E-state index contributed by atoms with van der Waals surface area (Å²) in [6.07, 6.45) is 4.31. The maximum atomic E-state index is 6.14. The summed E-state index contributed by atoms with van der Waals surface area (Å²) in [5.41, 5.74) is 1.45. The molecule has 1 aliphatic heterocycles. The van der Waals surface area contributed by atoms with Crippen LogP contribution < -0.4 is 4.74 Å². The Bertz CT molecular complexity index is 558. The first-order chi connectivity index (χ1) is 7.93. The Morgan fingerprint density at radius 3 is 2.94 bits per heavy atom. The highest BCUT2D eigenvalue weighted by Crippen LogP contribution is 2.49. The van der Waals surface area contributed by atoms with Crippen LogP contribution in [0.3, 0.4) is 0 Å². The van der Waals surface area contributed by atoms with Crippen LogP contribution in [0.2, 0.25) is 0 Å². The largest absolute Gasteiger partial charge is 0.489 e. The second-order valence-electron chi connectivity index (χ2n) is 4.90.